The fraction of sp³-hybridized carbons (Fsp3) is 0.333. The smallest absolute Gasteiger partial charge is 0.0441 e. The van der Waals surface area contributed by atoms with Crippen molar-refractivity contribution in [2.45, 2.75) is 40.3 Å². The molecule has 0 saturated heterocycles. The number of aryl methyl sites for hydroxylation is 2. The first-order valence-corrected chi connectivity index (χ1v) is 7.44. The highest BCUT2D eigenvalue weighted by atomic mass is 35.5. The highest BCUT2D eigenvalue weighted by Gasteiger charge is 2.08. The molecule has 0 aliphatic rings. The van der Waals surface area contributed by atoms with E-state index in [-0.39, 0.29) is 0 Å². The van der Waals surface area contributed by atoms with E-state index < -0.39 is 0 Å². The molecule has 2 aromatic rings. The lowest BCUT2D eigenvalue weighted by Crippen LogP contribution is -2.22. The van der Waals surface area contributed by atoms with Gasteiger partial charge in [-0.15, -0.1) is 0 Å². The summed E-state index contributed by atoms with van der Waals surface area (Å²) in [5, 5.41) is 4.31. The summed E-state index contributed by atoms with van der Waals surface area (Å²) < 4.78 is 0. The maximum atomic E-state index is 6.27. The lowest BCUT2D eigenvalue weighted by atomic mass is 9.96. The standard InChI is InChI=1S/C18H22ClN/c1-12(2)20-11-16-7-5-13(3)9-17(16)15-8-6-14(4)18(19)10-15/h5-10,12,20H,11H2,1-4H3. The molecule has 0 saturated carbocycles. The Morgan fingerprint density at radius 3 is 2.45 bits per heavy atom. The van der Waals surface area contributed by atoms with E-state index in [9.17, 15) is 0 Å². The molecule has 2 heteroatoms. The molecule has 0 bridgehead atoms. The second-order valence-corrected chi connectivity index (χ2v) is 6.07. The SMILES string of the molecule is Cc1ccc(CNC(C)C)c(-c2ccc(C)c(Cl)c2)c1. The van der Waals surface area contributed by atoms with Gasteiger partial charge in [-0.3, -0.25) is 0 Å². The van der Waals surface area contributed by atoms with E-state index in [1.165, 1.54) is 22.3 Å². The quantitative estimate of drug-likeness (QED) is 0.823. The van der Waals surface area contributed by atoms with Gasteiger partial charge in [-0.25, -0.2) is 0 Å². The first-order valence-electron chi connectivity index (χ1n) is 7.07. The Morgan fingerprint density at radius 2 is 1.80 bits per heavy atom. The second-order valence-electron chi connectivity index (χ2n) is 5.66. The number of halogens is 1. The van der Waals surface area contributed by atoms with Gasteiger partial charge >= 0.3 is 0 Å². The van der Waals surface area contributed by atoms with Crippen LogP contribution in [0.4, 0.5) is 0 Å². The maximum Gasteiger partial charge on any atom is 0.0441 e. The normalized spacial score (nSPS) is 11.1. The minimum atomic E-state index is 0.478. The molecular formula is C18H22ClN. The van der Waals surface area contributed by atoms with Gasteiger partial charge in [0.25, 0.3) is 0 Å². The monoisotopic (exact) mass is 287 g/mol. The van der Waals surface area contributed by atoms with Crippen molar-refractivity contribution in [2.24, 2.45) is 0 Å². The predicted octanol–water partition coefficient (Wildman–Crippen LogP) is 5.12. The molecule has 0 unspecified atom stereocenters. The number of rotatable bonds is 4. The highest BCUT2D eigenvalue weighted by Crippen LogP contribution is 2.29. The predicted molar refractivity (Wildman–Crippen MR) is 88.3 cm³/mol. The Hall–Kier alpha value is -1.31. The van der Waals surface area contributed by atoms with E-state index in [1.807, 2.05) is 6.92 Å². The van der Waals surface area contributed by atoms with Crippen molar-refractivity contribution in [3.63, 3.8) is 0 Å². The van der Waals surface area contributed by atoms with E-state index in [1.54, 1.807) is 0 Å². The van der Waals surface area contributed by atoms with Crippen LogP contribution in [0.3, 0.4) is 0 Å². The van der Waals surface area contributed by atoms with Gasteiger partial charge in [-0.1, -0.05) is 61.3 Å². The molecule has 0 aliphatic heterocycles. The molecule has 0 spiro atoms. The number of benzene rings is 2. The van der Waals surface area contributed by atoms with Gasteiger partial charge in [-0.2, -0.15) is 0 Å². The molecule has 0 radical (unpaired) electrons. The van der Waals surface area contributed by atoms with Crippen molar-refractivity contribution < 1.29 is 0 Å². The van der Waals surface area contributed by atoms with E-state index in [2.05, 4.69) is 62.5 Å². The number of hydrogen-bond donors (Lipinski definition) is 1. The summed E-state index contributed by atoms with van der Waals surface area (Å²) in [6, 6.07) is 13.4. The summed E-state index contributed by atoms with van der Waals surface area (Å²) in [6.07, 6.45) is 0. The molecule has 20 heavy (non-hydrogen) atoms. The van der Waals surface area contributed by atoms with Gasteiger partial charge < -0.3 is 5.32 Å². The summed E-state index contributed by atoms with van der Waals surface area (Å²) in [5.41, 5.74) is 6.14. The van der Waals surface area contributed by atoms with Crippen LogP contribution in [0.5, 0.6) is 0 Å². The summed E-state index contributed by atoms with van der Waals surface area (Å²) in [7, 11) is 0. The first-order chi connectivity index (χ1) is 9.47. The molecule has 1 nitrogen and oxygen atoms in total. The molecule has 106 valence electrons. The van der Waals surface area contributed by atoms with Gasteiger partial charge in [0.05, 0.1) is 0 Å². The van der Waals surface area contributed by atoms with Gasteiger partial charge in [0.2, 0.25) is 0 Å². The highest BCUT2D eigenvalue weighted by molar-refractivity contribution is 6.31. The number of nitrogens with one attached hydrogen (secondary N) is 1. The van der Waals surface area contributed by atoms with E-state index in [4.69, 9.17) is 11.6 Å². The lowest BCUT2D eigenvalue weighted by molar-refractivity contribution is 0.589. The fourth-order valence-corrected chi connectivity index (χ4v) is 2.37. The molecule has 2 aromatic carbocycles. The Bertz CT molecular complexity index is 602. The summed E-state index contributed by atoms with van der Waals surface area (Å²) in [5.74, 6) is 0. The Kier molecular flexibility index (Phi) is 4.85. The topological polar surface area (TPSA) is 12.0 Å². The van der Waals surface area contributed by atoms with Crippen molar-refractivity contribution in [2.75, 3.05) is 0 Å². The minimum Gasteiger partial charge on any atom is -0.310 e. The molecule has 0 amide bonds. The first kappa shape index (κ1) is 15.1. The zero-order chi connectivity index (χ0) is 14.7. The van der Waals surface area contributed by atoms with Crippen molar-refractivity contribution in [1.82, 2.24) is 5.32 Å². The third-order valence-electron chi connectivity index (χ3n) is 3.45. The van der Waals surface area contributed by atoms with Crippen LogP contribution in [-0.4, -0.2) is 6.04 Å². The molecule has 2 rings (SSSR count). The second kappa shape index (κ2) is 6.43. The Balaban J connectivity index is 2.42. The average Bonchev–Trinajstić information content (AvgIpc) is 2.40. The molecule has 0 fully saturated rings. The third-order valence-corrected chi connectivity index (χ3v) is 3.86. The van der Waals surface area contributed by atoms with Crippen molar-refractivity contribution >= 4 is 11.6 Å². The molecule has 0 atom stereocenters. The van der Waals surface area contributed by atoms with Crippen molar-refractivity contribution in [3.8, 4) is 11.1 Å². The van der Waals surface area contributed by atoms with Gasteiger partial charge in [0, 0.05) is 17.6 Å². The molecule has 0 aliphatic carbocycles. The molecule has 1 N–H and O–H groups in total. The van der Waals surface area contributed by atoms with E-state index in [0.29, 0.717) is 6.04 Å². The molecular weight excluding hydrogens is 266 g/mol. The molecule has 0 heterocycles. The van der Waals surface area contributed by atoms with Crippen molar-refractivity contribution in [1.29, 1.82) is 0 Å². The third kappa shape index (κ3) is 3.62. The number of hydrogen-bond acceptors (Lipinski definition) is 1. The average molecular weight is 288 g/mol. The van der Waals surface area contributed by atoms with Crippen LogP contribution < -0.4 is 5.32 Å². The summed E-state index contributed by atoms with van der Waals surface area (Å²) >= 11 is 6.27. The van der Waals surface area contributed by atoms with Crippen LogP contribution in [0.15, 0.2) is 36.4 Å². The zero-order valence-electron chi connectivity index (χ0n) is 12.6. The largest absolute Gasteiger partial charge is 0.310 e. The maximum absolute atomic E-state index is 6.27. The minimum absolute atomic E-state index is 0.478. The van der Waals surface area contributed by atoms with Crippen LogP contribution >= 0.6 is 11.6 Å². The Labute approximate surface area is 127 Å². The summed E-state index contributed by atoms with van der Waals surface area (Å²) in [4.78, 5) is 0. The lowest BCUT2D eigenvalue weighted by Gasteiger charge is -2.14. The van der Waals surface area contributed by atoms with Crippen LogP contribution in [0.1, 0.15) is 30.5 Å². The van der Waals surface area contributed by atoms with E-state index >= 15 is 0 Å². The van der Waals surface area contributed by atoms with Crippen LogP contribution in [0.25, 0.3) is 11.1 Å². The Morgan fingerprint density at radius 1 is 1.05 bits per heavy atom. The fourth-order valence-electron chi connectivity index (χ4n) is 2.19. The zero-order valence-corrected chi connectivity index (χ0v) is 13.4. The van der Waals surface area contributed by atoms with Crippen LogP contribution in [0.2, 0.25) is 5.02 Å². The summed E-state index contributed by atoms with van der Waals surface area (Å²) in [6.45, 7) is 9.36. The molecule has 0 aromatic heterocycles. The van der Waals surface area contributed by atoms with Gasteiger partial charge in [0.1, 0.15) is 0 Å². The van der Waals surface area contributed by atoms with Crippen LogP contribution in [-0.2, 0) is 6.54 Å². The van der Waals surface area contributed by atoms with Gasteiger partial charge in [0.15, 0.2) is 0 Å². The van der Waals surface area contributed by atoms with Crippen LogP contribution in [0, 0.1) is 13.8 Å². The van der Waals surface area contributed by atoms with Gasteiger partial charge in [-0.05, 0) is 42.2 Å². The van der Waals surface area contributed by atoms with E-state index in [0.717, 1.165) is 17.1 Å². The van der Waals surface area contributed by atoms with Crippen molar-refractivity contribution in [3.05, 3.63) is 58.1 Å².